The first-order chi connectivity index (χ1) is 22.9. The number of benzene rings is 10. The van der Waals surface area contributed by atoms with Crippen LogP contribution in [0.2, 0.25) is 0 Å². The molecule has 0 bridgehead atoms. The third-order valence-corrected chi connectivity index (χ3v) is 11.1. The van der Waals surface area contributed by atoms with Crippen molar-refractivity contribution in [1.82, 2.24) is 0 Å². The van der Waals surface area contributed by atoms with Crippen LogP contribution in [0.15, 0.2) is 146 Å². The van der Waals surface area contributed by atoms with Gasteiger partial charge >= 0.3 is 0 Å². The van der Waals surface area contributed by atoms with E-state index in [1.54, 1.807) is 0 Å². The Morgan fingerprint density at radius 3 is 0.739 bits per heavy atom. The normalized spacial score (nSPS) is 12.8. The van der Waals surface area contributed by atoms with Gasteiger partial charge in [0, 0.05) is 0 Å². The summed E-state index contributed by atoms with van der Waals surface area (Å²) >= 11 is 0. The third kappa shape index (κ3) is 2.58. The first kappa shape index (κ1) is 23.4. The number of hydrogen-bond acceptors (Lipinski definition) is 0. The molecule has 0 N–H and O–H groups in total. The molecule has 12 aromatic rings. The van der Waals surface area contributed by atoms with Crippen LogP contribution in [0.5, 0.6) is 0 Å². The number of rotatable bonds is 0. The lowest BCUT2D eigenvalue weighted by Gasteiger charge is -2.11. The highest BCUT2D eigenvalue weighted by molar-refractivity contribution is 6.48. The Hall–Kier alpha value is -5.98. The Morgan fingerprint density at radius 2 is 0.391 bits per heavy atom. The van der Waals surface area contributed by atoms with Gasteiger partial charge in [-0.25, -0.2) is 0 Å². The van der Waals surface area contributed by atoms with Crippen molar-refractivity contribution in [2.45, 2.75) is 0 Å². The average molecular weight is 577 g/mol. The lowest BCUT2D eigenvalue weighted by molar-refractivity contribution is 1.81. The van der Waals surface area contributed by atoms with Crippen LogP contribution in [0.4, 0.5) is 0 Å². The van der Waals surface area contributed by atoms with E-state index in [1.165, 1.54) is 118 Å². The van der Waals surface area contributed by atoms with Gasteiger partial charge in [0.2, 0.25) is 0 Å². The standard InChI is InChI=1S/C46H24/c1-5-15-29-25(11-1)27-13-3-7-17-31(27)45-39-23-37-34-20-10-22-36-42(34)40(24-38(37)33-19-9-21-35(41(33)39)43(29)45)46-32-18-8-4-14-28(32)26-12-2-6-16-30(26)44(36)46/h1-24H. The minimum absolute atomic E-state index is 1.33. The molecule has 0 aliphatic carbocycles. The summed E-state index contributed by atoms with van der Waals surface area (Å²) in [6.45, 7) is 0. The van der Waals surface area contributed by atoms with E-state index in [0.717, 1.165) is 0 Å². The van der Waals surface area contributed by atoms with E-state index in [-0.39, 0.29) is 0 Å². The Kier molecular flexibility index (Phi) is 4.07. The summed E-state index contributed by atoms with van der Waals surface area (Å²) in [6, 6.07) is 54.9. The van der Waals surface area contributed by atoms with Crippen LogP contribution in [0.25, 0.3) is 118 Å². The van der Waals surface area contributed by atoms with Crippen molar-refractivity contribution < 1.29 is 0 Å². The van der Waals surface area contributed by atoms with Gasteiger partial charge < -0.3 is 0 Å². The predicted octanol–water partition coefficient (Wildman–Crippen LogP) is 13.2. The summed E-state index contributed by atoms with van der Waals surface area (Å²) in [7, 11) is 0. The third-order valence-electron chi connectivity index (χ3n) is 11.1. The molecule has 0 unspecified atom stereocenters. The smallest absolute Gasteiger partial charge is 0.00134 e. The van der Waals surface area contributed by atoms with E-state index < -0.39 is 0 Å². The first-order valence-corrected chi connectivity index (χ1v) is 16.2. The minimum Gasteiger partial charge on any atom is -0.0616 e. The van der Waals surface area contributed by atoms with E-state index in [1.807, 2.05) is 0 Å². The SMILES string of the molecule is c1ccc2c(c1)c1ccccc1c1c3cc4c(cc5c6c4cccc6c4c6ccccc6c6ccccc6c54)c4cccc(c43)c21. The van der Waals surface area contributed by atoms with Gasteiger partial charge in [-0.2, -0.15) is 0 Å². The topological polar surface area (TPSA) is 0 Å². The van der Waals surface area contributed by atoms with Gasteiger partial charge in [0.25, 0.3) is 0 Å². The second kappa shape index (κ2) is 7.99. The maximum Gasteiger partial charge on any atom is -0.00134 e. The molecule has 12 rings (SSSR count). The quantitative estimate of drug-likeness (QED) is 0.158. The fourth-order valence-corrected chi connectivity index (χ4v) is 9.38. The van der Waals surface area contributed by atoms with Crippen molar-refractivity contribution in [1.29, 1.82) is 0 Å². The molecule has 0 aliphatic heterocycles. The highest BCUT2D eigenvalue weighted by Gasteiger charge is 2.23. The Bertz CT molecular complexity index is 3070. The molecule has 0 heteroatoms. The average Bonchev–Trinajstić information content (AvgIpc) is 3.64. The zero-order valence-electron chi connectivity index (χ0n) is 24.9. The monoisotopic (exact) mass is 576 g/mol. The first-order valence-electron chi connectivity index (χ1n) is 16.2. The van der Waals surface area contributed by atoms with Crippen LogP contribution in [0, 0.1) is 0 Å². The van der Waals surface area contributed by atoms with Gasteiger partial charge in [0.05, 0.1) is 0 Å². The molecule has 0 fully saturated rings. The molecular weight excluding hydrogens is 553 g/mol. The lowest BCUT2D eigenvalue weighted by atomic mass is 9.92. The number of fused-ring (bicyclic) bond motifs is 19. The van der Waals surface area contributed by atoms with Crippen molar-refractivity contribution in [3.8, 4) is 0 Å². The second-order valence-corrected chi connectivity index (χ2v) is 13.1. The fraction of sp³-hybridized carbons (Fsp3) is 0. The Balaban J connectivity index is 1.40. The molecule has 0 saturated carbocycles. The van der Waals surface area contributed by atoms with Crippen LogP contribution in [0.1, 0.15) is 0 Å². The van der Waals surface area contributed by atoms with E-state index in [2.05, 4.69) is 146 Å². The molecule has 0 heterocycles. The molecule has 0 amide bonds. The van der Waals surface area contributed by atoms with Crippen molar-refractivity contribution in [3.05, 3.63) is 146 Å². The predicted molar refractivity (Wildman–Crippen MR) is 201 cm³/mol. The van der Waals surface area contributed by atoms with Gasteiger partial charge in [-0.05, 0) is 131 Å². The Morgan fingerprint density at radius 1 is 0.152 bits per heavy atom. The molecular formula is C46H24. The van der Waals surface area contributed by atoms with Crippen molar-refractivity contribution in [2.75, 3.05) is 0 Å². The molecule has 0 aliphatic rings. The molecule has 12 aromatic carbocycles. The molecule has 46 heavy (non-hydrogen) atoms. The van der Waals surface area contributed by atoms with Crippen molar-refractivity contribution >= 4 is 118 Å². The maximum atomic E-state index is 2.52. The molecule has 0 spiro atoms. The summed E-state index contributed by atoms with van der Waals surface area (Å²) in [5.41, 5.74) is 0. The second-order valence-electron chi connectivity index (χ2n) is 13.1. The minimum atomic E-state index is 1.33. The van der Waals surface area contributed by atoms with Gasteiger partial charge in [0.1, 0.15) is 0 Å². The molecule has 0 atom stereocenters. The highest BCUT2D eigenvalue weighted by atomic mass is 14.3. The van der Waals surface area contributed by atoms with Gasteiger partial charge in [0.15, 0.2) is 0 Å². The van der Waals surface area contributed by atoms with Gasteiger partial charge in [-0.1, -0.05) is 133 Å². The summed E-state index contributed by atoms with van der Waals surface area (Å²) in [6.07, 6.45) is 0. The van der Waals surface area contributed by atoms with Crippen LogP contribution in [-0.4, -0.2) is 0 Å². The Labute approximate surface area is 263 Å². The lowest BCUT2D eigenvalue weighted by Crippen LogP contribution is -1.82. The summed E-state index contributed by atoms with van der Waals surface area (Å²) < 4.78 is 0. The largest absolute Gasteiger partial charge is 0.0616 e. The molecule has 208 valence electrons. The van der Waals surface area contributed by atoms with Crippen LogP contribution < -0.4 is 0 Å². The molecule has 0 aromatic heterocycles. The molecule has 0 radical (unpaired) electrons. The highest BCUT2D eigenvalue weighted by Crippen LogP contribution is 2.52. The summed E-state index contributed by atoms with van der Waals surface area (Å²) in [4.78, 5) is 0. The zero-order chi connectivity index (χ0) is 29.7. The number of hydrogen-bond donors (Lipinski definition) is 0. The summed E-state index contributed by atoms with van der Waals surface area (Å²) in [5.74, 6) is 0. The van der Waals surface area contributed by atoms with Crippen molar-refractivity contribution in [2.24, 2.45) is 0 Å². The van der Waals surface area contributed by atoms with Crippen LogP contribution in [-0.2, 0) is 0 Å². The van der Waals surface area contributed by atoms with Crippen molar-refractivity contribution in [3.63, 3.8) is 0 Å². The van der Waals surface area contributed by atoms with E-state index in [9.17, 15) is 0 Å². The van der Waals surface area contributed by atoms with Crippen LogP contribution in [0.3, 0.4) is 0 Å². The van der Waals surface area contributed by atoms with E-state index in [0.29, 0.717) is 0 Å². The van der Waals surface area contributed by atoms with Gasteiger partial charge in [-0.3, -0.25) is 0 Å². The molecule has 0 nitrogen and oxygen atoms in total. The fourth-order valence-electron chi connectivity index (χ4n) is 9.38. The molecule has 0 saturated heterocycles. The van der Waals surface area contributed by atoms with E-state index >= 15 is 0 Å². The maximum absolute atomic E-state index is 2.52. The van der Waals surface area contributed by atoms with E-state index in [4.69, 9.17) is 0 Å². The van der Waals surface area contributed by atoms with Gasteiger partial charge in [-0.15, -0.1) is 0 Å². The zero-order valence-corrected chi connectivity index (χ0v) is 24.9. The van der Waals surface area contributed by atoms with Crippen LogP contribution >= 0.6 is 0 Å². The summed E-state index contributed by atoms with van der Waals surface area (Å²) in [5, 5.41) is 29.8.